The van der Waals surface area contributed by atoms with Crippen molar-refractivity contribution in [1.82, 2.24) is 14.4 Å². The highest BCUT2D eigenvalue weighted by Gasteiger charge is 2.30. The average molecular weight is 245 g/mol. The van der Waals surface area contributed by atoms with E-state index in [-0.39, 0.29) is 0 Å². The zero-order valence-corrected chi connectivity index (χ0v) is 10.8. The number of fused-ring (bicyclic) bond motifs is 1. The lowest BCUT2D eigenvalue weighted by Gasteiger charge is -2.20. The topological polar surface area (TPSA) is 68.2 Å². The summed E-state index contributed by atoms with van der Waals surface area (Å²) in [7, 11) is 0. The molecule has 2 aromatic rings. The van der Waals surface area contributed by atoms with Gasteiger partial charge in [0, 0.05) is 18.4 Å². The first kappa shape index (κ1) is 11.3. The number of anilines is 2. The number of nitrogens with two attached hydrogens (primary N) is 1. The molecule has 0 radical (unpaired) electrons. The zero-order valence-electron chi connectivity index (χ0n) is 10.8. The van der Waals surface area contributed by atoms with Gasteiger partial charge in [-0.2, -0.15) is 0 Å². The summed E-state index contributed by atoms with van der Waals surface area (Å²) in [5.41, 5.74) is 6.66. The Morgan fingerprint density at radius 1 is 1.39 bits per heavy atom. The van der Waals surface area contributed by atoms with Crippen LogP contribution >= 0.6 is 0 Å². The summed E-state index contributed by atoms with van der Waals surface area (Å²) in [6, 6.07) is 0.467. The van der Waals surface area contributed by atoms with E-state index >= 15 is 0 Å². The van der Waals surface area contributed by atoms with Gasteiger partial charge < -0.3 is 15.5 Å². The highest BCUT2D eigenvalue weighted by atomic mass is 15.1. The molecule has 1 saturated carbocycles. The Morgan fingerprint density at radius 3 is 2.94 bits per heavy atom. The molecule has 0 spiro atoms. The molecule has 96 valence electrons. The molecule has 0 bridgehead atoms. The molecule has 1 aliphatic carbocycles. The van der Waals surface area contributed by atoms with Crippen molar-refractivity contribution in [2.24, 2.45) is 11.8 Å². The van der Waals surface area contributed by atoms with Crippen molar-refractivity contribution in [3.8, 4) is 0 Å². The lowest BCUT2D eigenvalue weighted by molar-refractivity contribution is 0.435. The SMILES string of the molecule is CC1CCC(Nc2nc(N)cn3ccnc23)C1C. The Bertz CT molecular complexity index is 562. The number of hydrogen-bond donors (Lipinski definition) is 2. The smallest absolute Gasteiger partial charge is 0.180 e. The van der Waals surface area contributed by atoms with E-state index in [4.69, 9.17) is 5.73 Å². The number of imidazole rings is 1. The third kappa shape index (κ3) is 1.79. The minimum atomic E-state index is 0.467. The van der Waals surface area contributed by atoms with Crippen molar-refractivity contribution in [2.45, 2.75) is 32.7 Å². The van der Waals surface area contributed by atoms with Crippen molar-refractivity contribution >= 4 is 17.3 Å². The number of nitrogen functional groups attached to an aromatic ring is 1. The number of nitrogens with one attached hydrogen (secondary N) is 1. The van der Waals surface area contributed by atoms with Crippen LogP contribution in [0.1, 0.15) is 26.7 Å². The van der Waals surface area contributed by atoms with Gasteiger partial charge in [0.1, 0.15) is 5.82 Å². The van der Waals surface area contributed by atoms with Crippen LogP contribution in [-0.2, 0) is 0 Å². The molecule has 1 aliphatic rings. The van der Waals surface area contributed by atoms with Gasteiger partial charge in [-0.05, 0) is 24.7 Å². The summed E-state index contributed by atoms with van der Waals surface area (Å²) < 4.78 is 1.91. The van der Waals surface area contributed by atoms with E-state index in [1.54, 1.807) is 12.4 Å². The second-order valence-electron chi connectivity index (χ2n) is 5.34. The van der Waals surface area contributed by atoms with Crippen molar-refractivity contribution < 1.29 is 0 Å². The van der Waals surface area contributed by atoms with Crippen molar-refractivity contribution in [2.75, 3.05) is 11.1 Å². The molecule has 18 heavy (non-hydrogen) atoms. The highest BCUT2D eigenvalue weighted by Crippen LogP contribution is 2.33. The van der Waals surface area contributed by atoms with Gasteiger partial charge in [-0.1, -0.05) is 13.8 Å². The molecule has 0 aliphatic heterocycles. The van der Waals surface area contributed by atoms with Gasteiger partial charge in [-0.15, -0.1) is 0 Å². The van der Waals surface area contributed by atoms with Gasteiger partial charge in [0.15, 0.2) is 11.5 Å². The van der Waals surface area contributed by atoms with Gasteiger partial charge in [-0.25, -0.2) is 9.97 Å². The quantitative estimate of drug-likeness (QED) is 0.850. The Balaban J connectivity index is 1.92. The van der Waals surface area contributed by atoms with E-state index in [1.807, 2.05) is 10.6 Å². The molecule has 3 N–H and O–H groups in total. The summed E-state index contributed by atoms with van der Waals surface area (Å²) in [5.74, 6) is 2.73. The van der Waals surface area contributed by atoms with Gasteiger partial charge in [0.25, 0.3) is 0 Å². The van der Waals surface area contributed by atoms with Crippen LogP contribution < -0.4 is 11.1 Å². The number of hydrogen-bond acceptors (Lipinski definition) is 4. The van der Waals surface area contributed by atoms with Crippen LogP contribution in [0.3, 0.4) is 0 Å². The van der Waals surface area contributed by atoms with Crippen LogP contribution in [0, 0.1) is 11.8 Å². The summed E-state index contributed by atoms with van der Waals surface area (Å²) in [4.78, 5) is 8.71. The average Bonchev–Trinajstić information content (AvgIpc) is 2.90. The zero-order chi connectivity index (χ0) is 12.7. The normalized spacial score (nSPS) is 27.8. The number of rotatable bonds is 2. The summed E-state index contributed by atoms with van der Waals surface area (Å²) >= 11 is 0. The van der Waals surface area contributed by atoms with Crippen LogP contribution in [0.25, 0.3) is 5.65 Å². The fourth-order valence-corrected chi connectivity index (χ4v) is 2.79. The number of nitrogens with zero attached hydrogens (tertiary/aromatic N) is 3. The molecule has 0 aromatic carbocycles. The van der Waals surface area contributed by atoms with E-state index in [0.717, 1.165) is 17.4 Å². The maximum atomic E-state index is 5.82. The molecular formula is C13H19N5. The Hall–Kier alpha value is -1.78. The Morgan fingerprint density at radius 2 is 2.22 bits per heavy atom. The molecule has 3 unspecified atom stereocenters. The van der Waals surface area contributed by atoms with E-state index in [9.17, 15) is 0 Å². The first-order chi connectivity index (χ1) is 8.65. The van der Waals surface area contributed by atoms with Gasteiger partial charge in [0.2, 0.25) is 0 Å². The van der Waals surface area contributed by atoms with E-state index < -0.39 is 0 Å². The summed E-state index contributed by atoms with van der Waals surface area (Å²) in [5, 5.41) is 3.52. The largest absolute Gasteiger partial charge is 0.382 e. The van der Waals surface area contributed by atoms with Crippen molar-refractivity contribution in [3.63, 3.8) is 0 Å². The van der Waals surface area contributed by atoms with Gasteiger partial charge in [0.05, 0.1) is 6.20 Å². The molecule has 0 amide bonds. The van der Waals surface area contributed by atoms with Crippen LogP contribution in [0.2, 0.25) is 0 Å². The number of aromatic nitrogens is 3. The monoisotopic (exact) mass is 245 g/mol. The van der Waals surface area contributed by atoms with E-state index in [0.29, 0.717) is 17.8 Å². The predicted molar refractivity (Wildman–Crippen MR) is 72.4 cm³/mol. The third-order valence-electron chi connectivity index (χ3n) is 4.18. The highest BCUT2D eigenvalue weighted by molar-refractivity contribution is 5.65. The molecule has 1 fully saturated rings. The molecular weight excluding hydrogens is 226 g/mol. The molecule has 0 saturated heterocycles. The molecule has 2 heterocycles. The van der Waals surface area contributed by atoms with E-state index in [1.165, 1.54) is 12.8 Å². The molecule has 3 atom stereocenters. The predicted octanol–water partition coefficient (Wildman–Crippen LogP) is 2.16. The first-order valence-electron chi connectivity index (χ1n) is 6.51. The lowest BCUT2D eigenvalue weighted by atomic mass is 9.98. The second kappa shape index (κ2) is 4.15. The summed E-state index contributed by atoms with van der Waals surface area (Å²) in [6.45, 7) is 4.61. The lowest BCUT2D eigenvalue weighted by Crippen LogP contribution is -2.25. The maximum absolute atomic E-state index is 5.82. The second-order valence-corrected chi connectivity index (χ2v) is 5.34. The Kier molecular flexibility index (Phi) is 2.61. The summed E-state index contributed by atoms with van der Waals surface area (Å²) in [6.07, 6.45) is 7.90. The molecule has 5 heteroatoms. The third-order valence-corrected chi connectivity index (χ3v) is 4.18. The van der Waals surface area contributed by atoms with Crippen LogP contribution in [0.5, 0.6) is 0 Å². The Labute approximate surface area is 106 Å². The first-order valence-corrected chi connectivity index (χ1v) is 6.51. The van der Waals surface area contributed by atoms with Gasteiger partial charge >= 0.3 is 0 Å². The van der Waals surface area contributed by atoms with Crippen molar-refractivity contribution in [3.05, 3.63) is 18.6 Å². The fourth-order valence-electron chi connectivity index (χ4n) is 2.79. The molecule has 2 aromatic heterocycles. The van der Waals surface area contributed by atoms with Crippen molar-refractivity contribution in [1.29, 1.82) is 0 Å². The van der Waals surface area contributed by atoms with Gasteiger partial charge in [-0.3, -0.25) is 0 Å². The van der Waals surface area contributed by atoms with E-state index in [2.05, 4.69) is 29.1 Å². The minimum Gasteiger partial charge on any atom is -0.382 e. The van der Waals surface area contributed by atoms with Crippen LogP contribution in [-0.4, -0.2) is 20.4 Å². The van der Waals surface area contributed by atoms with Crippen LogP contribution in [0.15, 0.2) is 18.6 Å². The van der Waals surface area contributed by atoms with Crippen LogP contribution in [0.4, 0.5) is 11.6 Å². The molecule has 5 nitrogen and oxygen atoms in total. The standard InChI is InChI=1S/C13H19N5/c1-8-3-4-10(9(8)2)16-12-13-15-5-6-18(13)7-11(14)17-12/h5-10H,3-4,14H2,1-2H3,(H,16,17). The fraction of sp³-hybridized carbons (Fsp3) is 0.538. The maximum Gasteiger partial charge on any atom is 0.180 e. The minimum absolute atomic E-state index is 0.467. The molecule has 3 rings (SSSR count).